The van der Waals surface area contributed by atoms with Crippen LogP contribution in [0.15, 0.2) is 0 Å². The first-order valence-electron chi connectivity index (χ1n) is 5.17. The lowest BCUT2D eigenvalue weighted by Crippen LogP contribution is -2.62. The minimum atomic E-state index is -1.27. The Hall–Kier alpha value is -1.14. The zero-order valence-corrected chi connectivity index (χ0v) is 9.79. The van der Waals surface area contributed by atoms with E-state index in [1.54, 1.807) is 20.9 Å². The number of nitrogens with one attached hydrogen (secondary N) is 2. The summed E-state index contributed by atoms with van der Waals surface area (Å²) >= 11 is 0. The molecular formula is C10H18N2O4. The van der Waals surface area contributed by atoms with Gasteiger partial charge in [-0.15, -0.1) is 0 Å². The highest BCUT2D eigenvalue weighted by molar-refractivity contribution is 5.91. The Balaban J connectivity index is 2.78. The number of carbonyl (C=O) groups excluding carboxylic acids is 1. The van der Waals surface area contributed by atoms with Crippen LogP contribution in [0.5, 0.6) is 0 Å². The van der Waals surface area contributed by atoms with Crippen molar-refractivity contribution in [2.24, 2.45) is 0 Å². The van der Waals surface area contributed by atoms with Gasteiger partial charge in [0, 0.05) is 13.0 Å². The van der Waals surface area contributed by atoms with Crippen molar-refractivity contribution < 1.29 is 19.4 Å². The molecule has 6 heteroatoms. The molecule has 0 spiro atoms. The first kappa shape index (κ1) is 12.9. The Bertz CT molecular complexity index is 295. The van der Waals surface area contributed by atoms with Gasteiger partial charge in [0.25, 0.3) is 0 Å². The molecule has 6 nitrogen and oxygen atoms in total. The lowest BCUT2D eigenvalue weighted by atomic mass is 9.96. The van der Waals surface area contributed by atoms with Crippen LogP contribution in [-0.2, 0) is 14.3 Å². The molecule has 16 heavy (non-hydrogen) atoms. The summed E-state index contributed by atoms with van der Waals surface area (Å²) in [4.78, 5) is 23.0. The summed E-state index contributed by atoms with van der Waals surface area (Å²) in [6.45, 7) is 3.75. The molecule has 0 radical (unpaired) electrons. The summed E-state index contributed by atoms with van der Waals surface area (Å²) < 4.78 is 5.05. The highest BCUT2D eigenvalue weighted by atomic mass is 16.5. The smallest absolute Gasteiger partial charge is 0.331 e. The molecule has 1 fully saturated rings. The minimum Gasteiger partial charge on any atom is -0.479 e. The fraction of sp³-hybridized carbons (Fsp3) is 0.800. The Morgan fingerprint density at radius 1 is 1.44 bits per heavy atom. The maximum Gasteiger partial charge on any atom is 0.331 e. The van der Waals surface area contributed by atoms with Crippen LogP contribution in [0.4, 0.5) is 0 Å². The van der Waals surface area contributed by atoms with E-state index in [1.807, 2.05) is 0 Å². The van der Waals surface area contributed by atoms with Crippen LogP contribution >= 0.6 is 0 Å². The minimum absolute atomic E-state index is 0.0217. The first-order chi connectivity index (χ1) is 7.34. The van der Waals surface area contributed by atoms with Gasteiger partial charge in [-0.3, -0.25) is 4.79 Å². The van der Waals surface area contributed by atoms with E-state index in [0.29, 0.717) is 13.0 Å². The molecule has 0 aromatic rings. The van der Waals surface area contributed by atoms with Gasteiger partial charge in [0.2, 0.25) is 5.91 Å². The van der Waals surface area contributed by atoms with E-state index < -0.39 is 17.0 Å². The second-order valence-electron chi connectivity index (χ2n) is 4.52. The number of carboxylic acids is 1. The van der Waals surface area contributed by atoms with Crippen LogP contribution in [-0.4, -0.2) is 48.3 Å². The van der Waals surface area contributed by atoms with Crippen molar-refractivity contribution in [1.82, 2.24) is 10.6 Å². The molecular weight excluding hydrogens is 212 g/mol. The molecule has 92 valence electrons. The van der Waals surface area contributed by atoms with Crippen molar-refractivity contribution in [3.63, 3.8) is 0 Å². The zero-order valence-electron chi connectivity index (χ0n) is 9.79. The zero-order chi connectivity index (χ0) is 12.4. The number of aliphatic carboxylic acids is 1. The lowest BCUT2D eigenvalue weighted by Gasteiger charge is -2.30. The summed E-state index contributed by atoms with van der Waals surface area (Å²) in [5, 5.41) is 14.5. The fourth-order valence-corrected chi connectivity index (χ4v) is 1.37. The van der Waals surface area contributed by atoms with Crippen LogP contribution in [0.1, 0.15) is 20.3 Å². The summed E-state index contributed by atoms with van der Waals surface area (Å²) in [5.74, 6) is -1.40. The molecule has 0 aliphatic carbocycles. The molecule has 1 saturated heterocycles. The van der Waals surface area contributed by atoms with Crippen LogP contribution in [0.3, 0.4) is 0 Å². The molecule has 1 aliphatic rings. The third-order valence-electron chi connectivity index (χ3n) is 2.98. The number of hydrogen-bond donors (Lipinski definition) is 3. The fourth-order valence-electron chi connectivity index (χ4n) is 1.37. The van der Waals surface area contributed by atoms with Crippen molar-refractivity contribution >= 4 is 11.9 Å². The predicted molar refractivity (Wildman–Crippen MR) is 57.1 cm³/mol. The number of amides is 1. The van der Waals surface area contributed by atoms with Gasteiger partial charge in [-0.1, -0.05) is 0 Å². The van der Waals surface area contributed by atoms with Gasteiger partial charge in [-0.2, -0.15) is 0 Å². The van der Waals surface area contributed by atoms with Gasteiger partial charge in [-0.25, -0.2) is 4.79 Å². The molecule has 0 bridgehead atoms. The van der Waals surface area contributed by atoms with Gasteiger partial charge in [0.05, 0.1) is 12.1 Å². The maximum atomic E-state index is 11.9. The second-order valence-corrected chi connectivity index (χ2v) is 4.52. The molecule has 1 atom stereocenters. The Morgan fingerprint density at radius 2 is 2.06 bits per heavy atom. The van der Waals surface area contributed by atoms with E-state index in [9.17, 15) is 9.59 Å². The molecule has 1 heterocycles. The largest absolute Gasteiger partial charge is 0.479 e. The maximum absolute atomic E-state index is 11.9. The molecule has 1 unspecified atom stereocenters. The third-order valence-corrected chi connectivity index (χ3v) is 2.98. The van der Waals surface area contributed by atoms with Crippen molar-refractivity contribution in [1.29, 1.82) is 0 Å². The van der Waals surface area contributed by atoms with E-state index in [0.717, 1.165) is 0 Å². The average molecular weight is 230 g/mol. The Kier molecular flexibility index (Phi) is 3.54. The van der Waals surface area contributed by atoms with Crippen molar-refractivity contribution in [3.05, 3.63) is 0 Å². The monoisotopic (exact) mass is 230 g/mol. The lowest BCUT2D eigenvalue weighted by molar-refractivity contribution is -0.148. The topological polar surface area (TPSA) is 87.7 Å². The Labute approximate surface area is 94.3 Å². The summed E-state index contributed by atoms with van der Waals surface area (Å²) in [6.07, 6.45) is 0.299. The summed E-state index contributed by atoms with van der Waals surface area (Å²) in [5.41, 5.74) is -2.07. The molecule has 0 saturated carbocycles. The van der Waals surface area contributed by atoms with E-state index in [1.165, 1.54) is 0 Å². The van der Waals surface area contributed by atoms with Gasteiger partial charge in [-0.05, 0) is 20.9 Å². The van der Waals surface area contributed by atoms with Crippen molar-refractivity contribution in [2.75, 3.05) is 20.3 Å². The average Bonchev–Trinajstić information content (AvgIpc) is 2.67. The van der Waals surface area contributed by atoms with Gasteiger partial charge in [0.15, 0.2) is 5.54 Å². The normalized spacial score (nSPS) is 25.4. The molecule has 1 rings (SSSR count). The Morgan fingerprint density at radius 3 is 2.44 bits per heavy atom. The SMILES string of the molecule is CNC(C)(C)C(=O)NC1(C(=O)O)CCOC1. The van der Waals surface area contributed by atoms with Gasteiger partial charge < -0.3 is 20.5 Å². The van der Waals surface area contributed by atoms with Crippen LogP contribution in [0.25, 0.3) is 0 Å². The van der Waals surface area contributed by atoms with E-state index in [2.05, 4.69) is 10.6 Å². The standard InChI is InChI=1S/C10H18N2O4/c1-9(2,11-3)7(13)12-10(8(14)15)4-5-16-6-10/h11H,4-6H2,1-3H3,(H,12,13)(H,14,15). The second kappa shape index (κ2) is 4.39. The van der Waals surface area contributed by atoms with E-state index in [4.69, 9.17) is 9.84 Å². The summed E-state index contributed by atoms with van der Waals surface area (Å²) in [7, 11) is 1.65. The number of rotatable bonds is 4. The van der Waals surface area contributed by atoms with Gasteiger partial charge >= 0.3 is 5.97 Å². The van der Waals surface area contributed by atoms with Crippen molar-refractivity contribution in [3.8, 4) is 0 Å². The van der Waals surface area contributed by atoms with Crippen LogP contribution < -0.4 is 10.6 Å². The van der Waals surface area contributed by atoms with Gasteiger partial charge in [0.1, 0.15) is 0 Å². The predicted octanol–water partition coefficient (Wildman–Crippen LogP) is -0.656. The van der Waals surface area contributed by atoms with Crippen LogP contribution in [0, 0.1) is 0 Å². The van der Waals surface area contributed by atoms with E-state index >= 15 is 0 Å². The number of carbonyl (C=O) groups is 2. The molecule has 3 N–H and O–H groups in total. The third kappa shape index (κ3) is 2.33. The summed E-state index contributed by atoms with van der Waals surface area (Å²) in [6, 6.07) is 0. The van der Waals surface area contributed by atoms with Crippen LogP contribution in [0.2, 0.25) is 0 Å². The van der Waals surface area contributed by atoms with Crippen molar-refractivity contribution in [2.45, 2.75) is 31.3 Å². The highest BCUT2D eigenvalue weighted by Crippen LogP contribution is 2.20. The molecule has 0 aromatic carbocycles. The number of hydrogen-bond acceptors (Lipinski definition) is 4. The molecule has 1 aliphatic heterocycles. The quantitative estimate of drug-likeness (QED) is 0.597. The molecule has 0 aromatic heterocycles. The number of carboxylic acid groups (broad SMARTS) is 1. The number of likely N-dealkylation sites (N-methyl/N-ethyl adjacent to an activating group) is 1. The van der Waals surface area contributed by atoms with E-state index in [-0.39, 0.29) is 12.5 Å². The first-order valence-corrected chi connectivity index (χ1v) is 5.17. The molecule has 1 amide bonds. The number of ether oxygens (including phenoxy) is 1. The highest BCUT2D eigenvalue weighted by Gasteiger charge is 2.45.